The largest absolute Gasteiger partial charge is 0.359 e. The van der Waals surface area contributed by atoms with E-state index in [0.717, 1.165) is 24.5 Å². The molecule has 0 amide bonds. The van der Waals surface area contributed by atoms with Crippen molar-refractivity contribution in [2.75, 3.05) is 6.54 Å². The van der Waals surface area contributed by atoms with Crippen LogP contribution in [0.1, 0.15) is 18.2 Å². The van der Waals surface area contributed by atoms with Crippen LogP contribution in [0.4, 0.5) is 0 Å². The molecular formula is C14H16N4O. The summed E-state index contributed by atoms with van der Waals surface area (Å²) in [6.07, 6.45) is 5.60. The van der Waals surface area contributed by atoms with Crippen molar-refractivity contribution in [1.29, 1.82) is 0 Å². The Kier molecular flexibility index (Phi) is 3.29. The summed E-state index contributed by atoms with van der Waals surface area (Å²) in [7, 11) is 0. The van der Waals surface area contributed by atoms with E-state index in [-0.39, 0.29) is 0 Å². The van der Waals surface area contributed by atoms with Crippen LogP contribution < -0.4 is 5.32 Å². The van der Waals surface area contributed by atoms with Gasteiger partial charge >= 0.3 is 0 Å². The molecule has 0 unspecified atom stereocenters. The normalized spacial score (nSPS) is 11.2. The Balaban J connectivity index is 1.99. The van der Waals surface area contributed by atoms with Crippen LogP contribution in [-0.2, 0) is 13.1 Å². The van der Waals surface area contributed by atoms with Gasteiger partial charge in [-0.15, -0.1) is 0 Å². The molecule has 5 heteroatoms. The molecule has 0 aliphatic carbocycles. The van der Waals surface area contributed by atoms with Crippen molar-refractivity contribution in [3.8, 4) is 0 Å². The van der Waals surface area contributed by atoms with Crippen LogP contribution >= 0.6 is 0 Å². The van der Waals surface area contributed by atoms with Gasteiger partial charge in [0.1, 0.15) is 5.65 Å². The number of nitrogens with one attached hydrogen (secondary N) is 1. The number of rotatable bonds is 5. The van der Waals surface area contributed by atoms with Gasteiger partial charge in [0.15, 0.2) is 5.76 Å². The van der Waals surface area contributed by atoms with E-state index in [0.29, 0.717) is 6.54 Å². The molecule has 0 atom stereocenters. The molecule has 3 aromatic heterocycles. The molecule has 3 rings (SSSR count). The maximum atomic E-state index is 5.16. The fourth-order valence-corrected chi connectivity index (χ4v) is 2.21. The number of aromatic nitrogens is 3. The van der Waals surface area contributed by atoms with Crippen molar-refractivity contribution in [3.05, 3.63) is 48.1 Å². The van der Waals surface area contributed by atoms with Crippen molar-refractivity contribution < 1.29 is 4.52 Å². The quantitative estimate of drug-likeness (QED) is 0.760. The highest BCUT2D eigenvalue weighted by molar-refractivity contribution is 5.80. The van der Waals surface area contributed by atoms with Crippen LogP contribution in [0.5, 0.6) is 0 Å². The third-order valence-corrected chi connectivity index (χ3v) is 3.10. The average Bonchev–Trinajstić information content (AvgIpc) is 3.06. The van der Waals surface area contributed by atoms with Crippen LogP contribution in [0.2, 0.25) is 0 Å². The second kappa shape index (κ2) is 5.24. The molecule has 0 bridgehead atoms. The van der Waals surface area contributed by atoms with Crippen LogP contribution in [0.3, 0.4) is 0 Å². The zero-order valence-corrected chi connectivity index (χ0v) is 10.8. The van der Waals surface area contributed by atoms with Gasteiger partial charge in [-0.25, -0.2) is 4.98 Å². The second-order valence-electron chi connectivity index (χ2n) is 4.42. The van der Waals surface area contributed by atoms with E-state index in [1.807, 2.05) is 18.3 Å². The van der Waals surface area contributed by atoms with Crippen molar-refractivity contribution in [2.24, 2.45) is 0 Å². The molecule has 3 heterocycles. The van der Waals surface area contributed by atoms with Crippen molar-refractivity contribution in [1.82, 2.24) is 20.0 Å². The molecule has 0 aliphatic heterocycles. The van der Waals surface area contributed by atoms with Crippen molar-refractivity contribution in [2.45, 2.75) is 20.0 Å². The molecular weight excluding hydrogens is 240 g/mol. The summed E-state index contributed by atoms with van der Waals surface area (Å²) in [5, 5.41) is 8.27. The smallest absolute Gasteiger partial charge is 0.156 e. The van der Waals surface area contributed by atoms with E-state index in [4.69, 9.17) is 4.52 Å². The lowest BCUT2D eigenvalue weighted by molar-refractivity contribution is 0.377. The molecule has 98 valence electrons. The Morgan fingerprint density at radius 2 is 2.26 bits per heavy atom. The van der Waals surface area contributed by atoms with E-state index < -0.39 is 0 Å². The van der Waals surface area contributed by atoms with E-state index >= 15 is 0 Å². The molecule has 5 nitrogen and oxygen atoms in total. The molecule has 1 N–H and O–H groups in total. The zero-order chi connectivity index (χ0) is 13.1. The van der Waals surface area contributed by atoms with E-state index in [1.54, 1.807) is 6.20 Å². The lowest BCUT2D eigenvalue weighted by atomic mass is 10.2. The second-order valence-corrected chi connectivity index (χ2v) is 4.42. The number of hydrogen-bond acceptors (Lipinski definition) is 4. The maximum absolute atomic E-state index is 5.16. The molecule has 3 aromatic rings. The number of fused-ring (bicyclic) bond motifs is 1. The van der Waals surface area contributed by atoms with Crippen molar-refractivity contribution in [3.63, 3.8) is 0 Å². The van der Waals surface area contributed by atoms with Gasteiger partial charge in [-0.1, -0.05) is 12.1 Å². The molecule has 19 heavy (non-hydrogen) atoms. The highest BCUT2D eigenvalue weighted by Crippen LogP contribution is 2.20. The molecule has 0 spiro atoms. The lowest BCUT2D eigenvalue weighted by Gasteiger charge is -2.00. The van der Waals surface area contributed by atoms with Gasteiger partial charge in [-0.3, -0.25) is 0 Å². The standard InChI is InChI=1S/C14H16N4O/c1-2-15-8-11-9-18(10-12-5-7-17-19-12)14-13(11)4-3-6-16-14/h3-7,9,15H,2,8,10H2,1H3. The Bertz CT molecular complexity index is 657. The van der Waals surface area contributed by atoms with Gasteiger partial charge in [0, 0.05) is 30.4 Å². The van der Waals surface area contributed by atoms with Crippen LogP contribution in [0.15, 0.2) is 41.3 Å². The van der Waals surface area contributed by atoms with E-state index in [9.17, 15) is 0 Å². The lowest BCUT2D eigenvalue weighted by Crippen LogP contribution is -2.11. The molecule has 0 aliphatic rings. The highest BCUT2D eigenvalue weighted by atomic mass is 16.5. The van der Waals surface area contributed by atoms with Crippen LogP contribution in [0, 0.1) is 0 Å². The van der Waals surface area contributed by atoms with Crippen molar-refractivity contribution >= 4 is 11.0 Å². The number of nitrogens with zero attached hydrogens (tertiary/aromatic N) is 3. The minimum atomic E-state index is 0.652. The van der Waals surface area contributed by atoms with Gasteiger partial charge in [0.25, 0.3) is 0 Å². The molecule has 0 saturated carbocycles. The fourth-order valence-electron chi connectivity index (χ4n) is 2.21. The minimum Gasteiger partial charge on any atom is -0.359 e. The maximum Gasteiger partial charge on any atom is 0.156 e. The first kappa shape index (κ1) is 11.9. The van der Waals surface area contributed by atoms with Gasteiger partial charge < -0.3 is 14.4 Å². The topological polar surface area (TPSA) is 55.9 Å². The average molecular weight is 256 g/mol. The minimum absolute atomic E-state index is 0.652. The SMILES string of the molecule is CCNCc1cn(Cc2ccno2)c2ncccc12. The fraction of sp³-hybridized carbons (Fsp3) is 0.286. The van der Waals surface area contributed by atoms with Gasteiger partial charge in [-0.05, 0) is 24.2 Å². The first-order chi connectivity index (χ1) is 9.38. The Morgan fingerprint density at radius 3 is 3.05 bits per heavy atom. The summed E-state index contributed by atoms with van der Waals surface area (Å²) in [5.41, 5.74) is 2.23. The summed E-state index contributed by atoms with van der Waals surface area (Å²) in [5.74, 6) is 0.831. The van der Waals surface area contributed by atoms with Gasteiger partial charge in [0.05, 0.1) is 12.7 Å². The van der Waals surface area contributed by atoms with E-state index in [2.05, 4.69) is 39.2 Å². The van der Waals surface area contributed by atoms with Crippen LogP contribution in [0.25, 0.3) is 11.0 Å². The summed E-state index contributed by atoms with van der Waals surface area (Å²) in [6.45, 7) is 4.56. The first-order valence-corrected chi connectivity index (χ1v) is 6.41. The summed E-state index contributed by atoms with van der Waals surface area (Å²) in [4.78, 5) is 4.46. The third-order valence-electron chi connectivity index (χ3n) is 3.10. The van der Waals surface area contributed by atoms with E-state index in [1.165, 1.54) is 10.9 Å². The van der Waals surface area contributed by atoms with Gasteiger partial charge in [0.2, 0.25) is 0 Å². The van der Waals surface area contributed by atoms with Crippen LogP contribution in [-0.4, -0.2) is 21.3 Å². The Labute approximate surface area is 111 Å². The predicted octanol–water partition coefficient (Wildman–Crippen LogP) is 2.18. The predicted molar refractivity (Wildman–Crippen MR) is 72.7 cm³/mol. The first-order valence-electron chi connectivity index (χ1n) is 6.41. The molecule has 0 radical (unpaired) electrons. The number of hydrogen-bond donors (Lipinski definition) is 1. The molecule has 0 fully saturated rings. The third kappa shape index (κ3) is 2.37. The molecule has 0 saturated heterocycles. The molecule has 0 aromatic carbocycles. The summed E-state index contributed by atoms with van der Waals surface area (Å²) < 4.78 is 7.26. The summed E-state index contributed by atoms with van der Waals surface area (Å²) in [6, 6.07) is 5.95. The van der Waals surface area contributed by atoms with Gasteiger partial charge in [-0.2, -0.15) is 0 Å². The Morgan fingerprint density at radius 1 is 1.32 bits per heavy atom. The zero-order valence-electron chi connectivity index (χ0n) is 10.8. The Hall–Kier alpha value is -2.14. The highest BCUT2D eigenvalue weighted by Gasteiger charge is 2.10. The summed E-state index contributed by atoms with van der Waals surface area (Å²) >= 11 is 0. The number of pyridine rings is 1. The monoisotopic (exact) mass is 256 g/mol.